The van der Waals surface area contributed by atoms with Crippen molar-refractivity contribution in [3.8, 4) is 11.3 Å². The van der Waals surface area contributed by atoms with Crippen LogP contribution in [0, 0.1) is 22.9 Å². The van der Waals surface area contributed by atoms with E-state index in [0.29, 0.717) is 16.9 Å². The molecular weight excluding hydrogens is 249 g/mol. The number of nitrogens with one attached hydrogen (secondary N) is 1. The molecule has 2 rings (SSSR count). The summed E-state index contributed by atoms with van der Waals surface area (Å²) in [6.45, 7) is 1.60. The fraction of sp³-hybridized carbons (Fsp3) is 0.154. The average molecular weight is 261 g/mol. The number of nitro groups is 1. The van der Waals surface area contributed by atoms with Gasteiger partial charge >= 0.3 is 0 Å². The van der Waals surface area contributed by atoms with Crippen molar-refractivity contribution >= 4 is 11.5 Å². The Morgan fingerprint density at radius 3 is 2.63 bits per heavy atom. The number of halogens is 1. The standard InChI is InChI=1S/C13H12FN3O2/c1-8-7-9(3-4-10(8)14)13-11(17(18)19)5-6-12(15-2)16-13/h3-7H,1-2H3,(H,15,16). The van der Waals surface area contributed by atoms with Gasteiger partial charge in [0.1, 0.15) is 11.6 Å². The first-order chi connectivity index (χ1) is 9.02. The fourth-order valence-corrected chi connectivity index (χ4v) is 1.74. The molecule has 0 saturated heterocycles. The smallest absolute Gasteiger partial charge is 0.295 e. The van der Waals surface area contributed by atoms with Crippen LogP contribution in [0.15, 0.2) is 30.3 Å². The summed E-state index contributed by atoms with van der Waals surface area (Å²) >= 11 is 0. The van der Waals surface area contributed by atoms with Crippen LogP contribution in [-0.2, 0) is 0 Å². The lowest BCUT2D eigenvalue weighted by Gasteiger charge is -2.06. The minimum atomic E-state index is -0.500. The van der Waals surface area contributed by atoms with E-state index in [1.165, 1.54) is 24.3 Å². The molecule has 0 aliphatic rings. The highest BCUT2D eigenvalue weighted by Crippen LogP contribution is 2.30. The minimum Gasteiger partial charge on any atom is -0.373 e. The van der Waals surface area contributed by atoms with Gasteiger partial charge < -0.3 is 5.32 Å². The number of anilines is 1. The van der Waals surface area contributed by atoms with Crippen molar-refractivity contribution in [3.63, 3.8) is 0 Å². The highest BCUT2D eigenvalue weighted by atomic mass is 19.1. The normalized spacial score (nSPS) is 10.3. The van der Waals surface area contributed by atoms with Gasteiger partial charge in [-0.3, -0.25) is 10.1 Å². The van der Waals surface area contributed by atoms with Gasteiger partial charge in [-0.25, -0.2) is 9.37 Å². The lowest BCUT2D eigenvalue weighted by Crippen LogP contribution is -1.99. The maximum absolute atomic E-state index is 13.3. The Morgan fingerprint density at radius 2 is 2.05 bits per heavy atom. The first kappa shape index (κ1) is 12.9. The van der Waals surface area contributed by atoms with Crippen LogP contribution in [0.4, 0.5) is 15.9 Å². The van der Waals surface area contributed by atoms with Gasteiger partial charge in [0.2, 0.25) is 0 Å². The molecule has 1 heterocycles. The molecule has 0 fully saturated rings. The summed E-state index contributed by atoms with van der Waals surface area (Å²) in [7, 11) is 1.67. The molecule has 0 saturated carbocycles. The van der Waals surface area contributed by atoms with Crippen molar-refractivity contribution in [3.05, 3.63) is 51.8 Å². The van der Waals surface area contributed by atoms with E-state index in [1.54, 1.807) is 20.0 Å². The summed E-state index contributed by atoms with van der Waals surface area (Å²) in [4.78, 5) is 14.7. The molecule has 1 N–H and O–H groups in total. The van der Waals surface area contributed by atoms with E-state index in [0.717, 1.165) is 0 Å². The zero-order valence-corrected chi connectivity index (χ0v) is 10.5. The van der Waals surface area contributed by atoms with Crippen LogP contribution in [0.3, 0.4) is 0 Å². The van der Waals surface area contributed by atoms with Crippen LogP contribution in [0.5, 0.6) is 0 Å². The van der Waals surface area contributed by atoms with Crippen molar-refractivity contribution in [1.82, 2.24) is 4.98 Å². The molecule has 1 aromatic heterocycles. The summed E-state index contributed by atoms with van der Waals surface area (Å²) < 4.78 is 13.3. The minimum absolute atomic E-state index is 0.106. The third-order valence-corrected chi connectivity index (χ3v) is 2.76. The molecule has 98 valence electrons. The van der Waals surface area contributed by atoms with E-state index in [-0.39, 0.29) is 17.2 Å². The van der Waals surface area contributed by atoms with E-state index < -0.39 is 4.92 Å². The van der Waals surface area contributed by atoms with Crippen LogP contribution < -0.4 is 5.32 Å². The number of hydrogen-bond donors (Lipinski definition) is 1. The first-order valence-electron chi connectivity index (χ1n) is 5.62. The number of pyridine rings is 1. The van der Waals surface area contributed by atoms with E-state index in [1.807, 2.05) is 0 Å². The van der Waals surface area contributed by atoms with Gasteiger partial charge in [0.15, 0.2) is 5.69 Å². The molecule has 0 radical (unpaired) electrons. The summed E-state index contributed by atoms with van der Waals surface area (Å²) in [5.41, 5.74) is 1.05. The second kappa shape index (κ2) is 5.01. The SMILES string of the molecule is CNc1ccc([N+](=O)[O-])c(-c2ccc(F)c(C)c2)n1. The third kappa shape index (κ3) is 2.52. The average Bonchev–Trinajstić information content (AvgIpc) is 2.41. The summed E-state index contributed by atoms with van der Waals surface area (Å²) in [6, 6.07) is 7.22. The number of nitrogens with zero attached hydrogens (tertiary/aromatic N) is 2. The molecule has 2 aromatic rings. The molecule has 0 aliphatic carbocycles. The number of hydrogen-bond acceptors (Lipinski definition) is 4. The Labute approximate surface area is 109 Å². The number of aromatic nitrogens is 1. The van der Waals surface area contributed by atoms with Crippen molar-refractivity contribution in [2.45, 2.75) is 6.92 Å². The Kier molecular flexibility index (Phi) is 3.41. The Bertz CT molecular complexity index is 644. The molecular formula is C13H12FN3O2. The zero-order valence-electron chi connectivity index (χ0n) is 10.5. The molecule has 1 aromatic carbocycles. The second-order valence-corrected chi connectivity index (χ2v) is 4.04. The lowest BCUT2D eigenvalue weighted by molar-refractivity contribution is -0.384. The van der Waals surface area contributed by atoms with Gasteiger partial charge in [0, 0.05) is 18.7 Å². The Hall–Kier alpha value is -2.50. The predicted octanol–water partition coefficient (Wildman–Crippen LogP) is 3.15. The summed E-state index contributed by atoms with van der Waals surface area (Å²) in [6.07, 6.45) is 0. The van der Waals surface area contributed by atoms with Gasteiger partial charge in [0.25, 0.3) is 5.69 Å². The van der Waals surface area contributed by atoms with E-state index in [9.17, 15) is 14.5 Å². The van der Waals surface area contributed by atoms with Crippen LogP contribution in [0.25, 0.3) is 11.3 Å². The highest BCUT2D eigenvalue weighted by Gasteiger charge is 2.18. The van der Waals surface area contributed by atoms with Crippen molar-refractivity contribution < 1.29 is 9.31 Å². The summed E-state index contributed by atoms with van der Waals surface area (Å²) in [5.74, 6) is 0.166. The second-order valence-electron chi connectivity index (χ2n) is 4.04. The van der Waals surface area contributed by atoms with Crippen LogP contribution in [0.1, 0.15) is 5.56 Å². The number of rotatable bonds is 3. The van der Waals surface area contributed by atoms with Gasteiger partial charge in [-0.1, -0.05) is 0 Å². The van der Waals surface area contributed by atoms with Gasteiger partial charge in [-0.05, 0) is 36.8 Å². The molecule has 0 bridgehead atoms. The third-order valence-electron chi connectivity index (χ3n) is 2.76. The van der Waals surface area contributed by atoms with Crippen molar-refractivity contribution in [1.29, 1.82) is 0 Å². The molecule has 0 atom stereocenters. The maximum Gasteiger partial charge on any atom is 0.295 e. The van der Waals surface area contributed by atoms with Gasteiger partial charge in [-0.2, -0.15) is 0 Å². The molecule has 0 spiro atoms. The molecule has 19 heavy (non-hydrogen) atoms. The molecule has 0 unspecified atom stereocenters. The van der Waals surface area contributed by atoms with Crippen LogP contribution in [-0.4, -0.2) is 17.0 Å². The maximum atomic E-state index is 13.3. The largest absolute Gasteiger partial charge is 0.373 e. The monoisotopic (exact) mass is 261 g/mol. The van der Waals surface area contributed by atoms with Gasteiger partial charge in [0.05, 0.1) is 4.92 Å². The lowest BCUT2D eigenvalue weighted by atomic mass is 10.1. The molecule has 5 nitrogen and oxygen atoms in total. The fourth-order valence-electron chi connectivity index (χ4n) is 1.74. The van der Waals surface area contributed by atoms with Crippen LogP contribution >= 0.6 is 0 Å². The van der Waals surface area contributed by atoms with E-state index in [2.05, 4.69) is 10.3 Å². The Balaban J connectivity index is 2.64. The van der Waals surface area contributed by atoms with Gasteiger partial charge in [-0.15, -0.1) is 0 Å². The quantitative estimate of drug-likeness (QED) is 0.680. The predicted molar refractivity (Wildman–Crippen MR) is 70.6 cm³/mol. The van der Waals surface area contributed by atoms with E-state index >= 15 is 0 Å². The zero-order chi connectivity index (χ0) is 14.0. The Morgan fingerprint density at radius 1 is 1.32 bits per heavy atom. The first-order valence-corrected chi connectivity index (χ1v) is 5.62. The van der Waals surface area contributed by atoms with Crippen LogP contribution in [0.2, 0.25) is 0 Å². The molecule has 6 heteroatoms. The molecule has 0 aliphatic heterocycles. The number of benzene rings is 1. The van der Waals surface area contributed by atoms with Crippen molar-refractivity contribution in [2.75, 3.05) is 12.4 Å². The van der Waals surface area contributed by atoms with Crippen molar-refractivity contribution in [2.24, 2.45) is 0 Å². The summed E-state index contributed by atoms with van der Waals surface area (Å²) in [5, 5.41) is 13.8. The van der Waals surface area contributed by atoms with E-state index in [4.69, 9.17) is 0 Å². The highest BCUT2D eigenvalue weighted by molar-refractivity contribution is 5.71. The molecule has 0 amide bonds. The topological polar surface area (TPSA) is 68.1 Å². The number of aryl methyl sites for hydroxylation is 1.